The number of aryl methyl sites for hydroxylation is 1. The third-order valence-electron chi connectivity index (χ3n) is 4.96. The van der Waals surface area contributed by atoms with E-state index in [1.807, 2.05) is 72.1 Å². The first-order valence-corrected chi connectivity index (χ1v) is 9.78. The van der Waals surface area contributed by atoms with Crippen LogP contribution < -0.4 is 5.73 Å². The number of benzene rings is 1. The highest BCUT2D eigenvalue weighted by Gasteiger charge is 2.14. The van der Waals surface area contributed by atoms with Crippen molar-refractivity contribution < 1.29 is 0 Å². The van der Waals surface area contributed by atoms with E-state index in [2.05, 4.69) is 31.8 Å². The molecule has 0 saturated carbocycles. The van der Waals surface area contributed by atoms with Crippen LogP contribution in [0.25, 0.3) is 28.2 Å². The van der Waals surface area contributed by atoms with E-state index >= 15 is 0 Å². The molecule has 0 amide bonds. The molecule has 2 N–H and O–H groups in total. The van der Waals surface area contributed by atoms with E-state index in [4.69, 9.17) is 5.73 Å². The number of aromatic nitrogens is 5. The van der Waals surface area contributed by atoms with Crippen molar-refractivity contribution in [3.8, 4) is 34.4 Å². The summed E-state index contributed by atoms with van der Waals surface area (Å²) in [4.78, 5) is 17.4. The predicted molar refractivity (Wildman–Crippen MR) is 121 cm³/mol. The Labute approximate surface area is 179 Å². The highest BCUT2D eigenvalue weighted by Crippen LogP contribution is 2.27. The van der Waals surface area contributed by atoms with Gasteiger partial charge in [0.1, 0.15) is 23.5 Å². The van der Waals surface area contributed by atoms with Gasteiger partial charge in [0.15, 0.2) is 0 Å². The molecule has 1 aromatic carbocycles. The summed E-state index contributed by atoms with van der Waals surface area (Å²) in [7, 11) is 0. The number of pyridine rings is 2. The molecule has 0 atom stereocenters. The first kappa shape index (κ1) is 18.5. The lowest BCUT2D eigenvalue weighted by Gasteiger charge is -2.06. The van der Waals surface area contributed by atoms with Gasteiger partial charge < -0.3 is 5.73 Å². The number of hydrogen-bond acceptors (Lipinski definition) is 5. The van der Waals surface area contributed by atoms with Gasteiger partial charge in [-0.3, -0.25) is 4.40 Å². The molecule has 148 valence electrons. The summed E-state index contributed by atoms with van der Waals surface area (Å²) in [5, 5.41) is 0. The SMILES string of the molecule is Cc1nc2ccccn2c1-c1ccc(N)nc1C#Cc1ccc(-c2ccncn2)cc1. The molecular formula is C25H18N6. The number of rotatable bonds is 2. The van der Waals surface area contributed by atoms with Crippen LogP contribution in [0.2, 0.25) is 0 Å². The average Bonchev–Trinajstić information content (AvgIpc) is 3.14. The summed E-state index contributed by atoms with van der Waals surface area (Å²) in [6.07, 6.45) is 5.26. The third kappa shape index (κ3) is 3.61. The lowest BCUT2D eigenvalue weighted by atomic mass is 10.1. The van der Waals surface area contributed by atoms with E-state index in [9.17, 15) is 0 Å². The molecule has 31 heavy (non-hydrogen) atoms. The van der Waals surface area contributed by atoms with Crippen LogP contribution in [0.3, 0.4) is 0 Å². The fraction of sp³-hybridized carbons (Fsp3) is 0.0400. The molecule has 0 bridgehead atoms. The molecule has 0 spiro atoms. The van der Waals surface area contributed by atoms with E-state index < -0.39 is 0 Å². The zero-order valence-electron chi connectivity index (χ0n) is 16.8. The van der Waals surface area contributed by atoms with Gasteiger partial charge in [-0.15, -0.1) is 0 Å². The molecule has 4 aromatic heterocycles. The molecule has 0 aliphatic carbocycles. The maximum absolute atomic E-state index is 5.97. The van der Waals surface area contributed by atoms with Crippen LogP contribution in [0.15, 0.2) is 79.4 Å². The molecule has 6 heteroatoms. The number of anilines is 1. The van der Waals surface area contributed by atoms with Gasteiger partial charge in [-0.2, -0.15) is 0 Å². The van der Waals surface area contributed by atoms with E-state index in [0.29, 0.717) is 11.5 Å². The number of imidazole rings is 1. The first-order chi connectivity index (χ1) is 15.2. The van der Waals surface area contributed by atoms with Crippen LogP contribution >= 0.6 is 0 Å². The standard InChI is InChI=1S/C25H18N6/c1-17-25(31-15-3-2-4-24(31)29-17)20-10-12-23(26)30-22(20)11-7-18-5-8-19(9-6-18)21-13-14-27-16-28-21/h2-6,8-10,12-16H,1H3,(H2,26,30). The number of fused-ring (bicyclic) bond motifs is 1. The summed E-state index contributed by atoms with van der Waals surface area (Å²) in [5.41, 5.74) is 13.0. The van der Waals surface area contributed by atoms with Gasteiger partial charge in [0.05, 0.1) is 17.1 Å². The number of nitrogen functional groups attached to an aromatic ring is 1. The molecule has 0 aliphatic heterocycles. The second-order valence-electron chi connectivity index (χ2n) is 7.03. The molecule has 0 aliphatic rings. The second kappa shape index (κ2) is 7.73. The Bertz CT molecular complexity index is 1440. The van der Waals surface area contributed by atoms with Crippen LogP contribution in [-0.2, 0) is 0 Å². The monoisotopic (exact) mass is 402 g/mol. The van der Waals surface area contributed by atoms with Crippen molar-refractivity contribution >= 4 is 11.5 Å². The van der Waals surface area contributed by atoms with Gasteiger partial charge in [-0.05, 0) is 55.3 Å². The summed E-state index contributed by atoms with van der Waals surface area (Å²) in [5.74, 6) is 6.84. The van der Waals surface area contributed by atoms with Crippen molar-refractivity contribution in [2.45, 2.75) is 6.92 Å². The van der Waals surface area contributed by atoms with Gasteiger partial charge in [0.2, 0.25) is 0 Å². The summed E-state index contributed by atoms with van der Waals surface area (Å²) in [6.45, 7) is 1.99. The van der Waals surface area contributed by atoms with Crippen LogP contribution in [0.4, 0.5) is 5.82 Å². The quantitative estimate of drug-likeness (QED) is 0.449. The van der Waals surface area contributed by atoms with Gasteiger partial charge in [0.25, 0.3) is 0 Å². The lowest BCUT2D eigenvalue weighted by Crippen LogP contribution is -1.98. The smallest absolute Gasteiger partial charge is 0.137 e. The van der Waals surface area contributed by atoms with Crippen molar-refractivity contribution in [2.24, 2.45) is 0 Å². The minimum Gasteiger partial charge on any atom is -0.384 e. The molecule has 4 heterocycles. The topological polar surface area (TPSA) is 82.0 Å². The minimum absolute atomic E-state index is 0.429. The van der Waals surface area contributed by atoms with Gasteiger partial charge >= 0.3 is 0 Å². The second-order valence-corrected chi connectivity index (χ2v) is 7.03. The predicted octanol–water partition coefficient (Wildman–Crippen LogP) is 4.14. The Hall–Kier alpha value is -4.50. The maximum atomic E-state index is 5.97. The molecule has 6 nitrogen and oxygen atoms in total. The molecule has 0 saturated heterocycles. The van der Waals surface area contributed by atoms with Crippen molar-refractivity contribution in [3.63, 3.8) is 0 Å². The Balaban J connectivity index is 1.55. The fourth-order valence-corrected chi connectivity index (χ4v) is 3.52. The summed E-state index contributed by atoms with van der Waals surface area (Å²) in [6, 6.07) is 19.5. The van der Waals surface area contributed by atoms with Crippen LogP contribution in [-0.4, -0.2) is 24.3 Å². The Morgan fingerprint density at radius 3 is 2.58 bits per heavy atom. The van der Waals surface area contributed by atoms with Crippen LogP contribution in [0.5, 0.6) is 0 Å². The zero-order chi connectivity index (χ0) is 21.2. The molecular weight excluding hydrogens is 384 g/mol. The van der Waals surface area contributed by atoms with Crippen molar-refractivity contribution in [3.05, 3.63) is 96.3 Å². The molecule has 0 unspecified atom stereocenters. The summed E-state index contributed by atoms with van der Waals surface area (Å²) < 4.78 is 2.05. The van der Waals surface area contributed by atoms with Gasteiger partial charge in [-0.1, -0.05) is 24.1 Å². The van der Waals surface area contributed by atoms with E-state index in [-0.39, 0.29) is 0 Å². The third-order valence-corrected chi connectivity index (χ3v) is 4.96. The van der Waals surface area contributed by atoms with E-state index in [1.54, 1.807) is 12.3 Å². The normalized spacial score (nSPS) is 10.6. The minimum atomic E-state index is 0.429. The van der Waals surface area contributed by atoms with Gasteiger partial charge in [0, 0.05) is 29.1 Å². The summed E-state index contributed by atoms with van der Waals surface area (Å²) >= 11 is 0. The maximum Gasteiger partial charge on any atom is 0.137 e. The number of nitrogens with two attached hydrogens (primary N) is 1. The largest absolute Gasteiger partial charge is 0.384 e. The number of hydrogen-bond donors (Lipinski definition) is 1. The van der Waals surface area contributed by atoms with Crippen LogP contribution in [0.1, 0.15) is 17.0 Å². The van der Waals surface area contributed by atoms with E-state index in [1.165, 1.54) is 6.33 Å². The first-order valence-electron chi connectivity index (χ1n) is 9.78. The van der Waals surface area contributed by atoms with Gasteiger partial charge in [-0.25, -0.2) is 19.9 Å². The lowest BCUT2D eigenvalue weighted by molar-refractivity contribution is 1.17. The Morgan fingerprint density at radius 2 is 1.77 bits per heavy atom. The zero-order valence-corrected chi connectivity index (χ0v) is 16.8. The van der Waals surface area contributed by atoms with Crippen molar-refractivity contribution in [1.82, 2.24) is 24.3 Å². The fourth-order valence-electron chi connectivity index (χ4n) is 3.52. The molecule has 0 radical (unpaired) electrons. The Kier molecular flexibility index (Phi) is 4.62. The van der Waals surface area contributed by atoms with Crippen LogP contribution in [0, 0.1) is 18.8 Å². The molecule has 5 rings (SSSR count). The highest BCUT2D eigenvalue weighted by molar-refractivity contribution is 5.73. The van der Waals surface area contributed by atoms with Crippen molar-refractivity contribution in [2.75, 3.05) is 5.73 Å². The average molecular weight is 402 g/mol. The van der Waals surface area contributed by atoms with Crippen molar-refractivity contribution in [1.29, 1.82) is 0 Å². The number of nitrogens with zero attached hydrogens (tertiary/aromatic N) is 5. The molecule has 5 aromatic rings. The van der Waals surface area contributed by atoms with E-state index in [0.717, 1.165) is 39.4 Å². The molecule has 0 fully saturated rings. The Morgan fingerprint density at radius 1 is 0.903 bits per heavy atom. The highest BCUT2D eigenvalue weighted by atomic mass is 15.0.